The van der Waals surface area contributed by atoms with Crippen molar-refractivity contribution >= 4 is 21.8 Å². The smallest absolute Gasteiger partial charge is 0.0714 e. The molecule has 0 bridgehead atoms. The third kappa shape index (κ3) is 2.67. The lowest BCUT2D eigenvalue weighted by Crippen LogP contribution is -2.25. The Labute approximate surface area is 125 Å². The van der Waals surface area contributed by atoms with Crippen molar-refractivity contribution in [2.24, 2.45) is 5.73 Å². The molecule has 3 aromatic rings. The van der Waals surface area contributed by atoms with Crippen LogP contribution < -0.4 is 5.73 Å². The molecule has 3 rings (SSSR count). The van der Waals surface area contributed by atoms with Gasteiger partial charge in [0, 0.05) is 41.5 Å². The van der Waals surface area contributed by atoms with Crippen LogP contribution in [0, 0.1) is 0 Å². The van der Waals surface area contributed by atoms with Crippen molar-refractivity contribution in [1.29, 1.82) is 0 Å². The molecule has 0 saturated heterocycles. The number of rotatable bonds is 6. The summed E-state index contributed by atoms with van der Waals surface area (Å²) < 4.78 is 8.06. The molecule has 0 fully saturated rings. The van der Waals surface area contributed by atoms with E-state index in [9.17, 15) is 0 Å². The van der Waals surface area contributed by atoms with E-state index in [0.717, 1.165) is 19.6 Å². The molecule has 2 N–H and O–H groups in total. The Hall–Kier alpha value is -1.84. The molecule has 0 amide bonds. The van der Waals surface area contributed by atoms with E-state index in [2.05, 4.69) is 53.1 Å². The highest BCUT2D eigenvalue weighted by molar-refractivity contribution is 6.07. The van der Waals surface area contributed by atoms with Crippen molar-refractivity contribution in [2.45, 2.75) is 26.0 Å². The van der Waals surface area contributed by atoms with Crippen molar-refractivity contribution in [1.82, 2.24) is 4.57 Å². The summed E-state index contributed by atoms with van der Waals surface area (Å²) in [7, 11) is 0. The minimum absolute atomic E-state index is 0.134. The van der Waals surface area contributed by atoms with E-state index in [-0.39, 0.29) is 6.10 Å². The number of aromatic nitrogens is 1. The third-order valence-corrected chi connectivity index (χ3v) is 4.02. The zero-order valence-electron chi connectivity index (χ0n) is 12.5. The maximum atomic E-state index is 5.79. The predicted octanol–water partition coefficient (Wildman–Crippen LogP) is 3.55. The molecule has 0 saturated carbocycles. The second-order valence-electron chi connectivity index (χ2n) is 5.29. The lowest BCUT2D eigenvalue weighted by Gasteiger charge is -2.16. The number of fused-ring (bicyclic) bond motifs is 3. The van der Waals surface area contributed by atoms with Gasteiger partial charge in [-0.25, -0.2) is 0 Å². The molecule has 0 aliphatic rings. The number of hydrogen-bond acceptors (Lipinski definition) is 2. The topological polar surface area (TPSA) is 40.2 Å². The maximum Gasteiger partial charge on any atom is 0.0714 e. The van der Waals surface area contributed by atoms with Crippen LogP contribution in [-0.4, -0.2) is 23.8 Å². The molecule has 3 nitrogen and oxygen atoms in total. The molecule has 1 heterocycles. The van der Waals surface area contributed by atoms with Crippen molar-refractivity contribution in [3.8, 4) is 0 Å². The summed E-state index contributed by atoms with van der Waals surface area (Å²) in [5, 5.41) is 2.63. The minimum Gasteiger partial charge on any atom is -0.377 e. The molecule has 1 aromatic heterocycles. The number of aryl methyl sites for hydroxylation is 1. The van der Waals surface area contributed by atoms with Gasteiger partial charge < -0.3 is 15.0 Å². The van der Waals surface area contributed by atoms with Crippen molar-refractivity contribution in [3.63, 3.8) is 0 Å². The summed E-state index contributed by atoms with van der Waals surface area (Å²) in [6.45, 7) is 4.24. The highest BCUT2D eigenvalue weighted by Gasteiger charge is 2.12. The van der Waals surface area contributed by atoms with Gasteiger partial charge in [-0.1, -0.05) is 36.4 Å². The van der Waals surface area contributed by atoms with E-state index < -0.39 is 0 Å². The number of nitrogens with zero attached hydrogens (tertiary/aromatic N) is 1. The van der Waals surface area contributed by atoms with Crippen LogP contribution >= 0.6 is 0 Å². The summed E-state index contributed by atoms with van der Waals surface area (Å²) in [6.07, 6.45) is 1.07. The van der Waals surface area contributed by atoms with Gasteiger partial charge in [-0.2, -0.15) is 0 Å². The standard InChI is InChI=1S/C18H22N2O/c1-2-21-14(13-19)11-12-20-17-9-5-3-7-15(17)16-8-4-6-10-18(16)20/h3-10,14H,2,11-13,19H2,1H3. The van der Waals surface area contributed by atoms with Gasteiger partial charge in [0.25, 0.3) is 0 Å². The van der Waals surface area contributed by atoms with Crippen LogP contribution in [0.2, 0.25) is 0 Å². The Kier molecular flexibility index (Phi) is 4.23. The van der Waals surface area contributed by atoms with E-state index in [1.165, 1.54) is 21.8 Å². The Balaban J connectivity index is 1.99. The quantitative estimate of drug-likeness (QED) is 0.751. The van der Waals surface area contributed by atoms with E-state index in [1.807, 2.05) is 6.92 Å². The Bertz CT molecular complexity index is 679. The lowest BCUT2D eigenvalue weighted by molar-refractivity contribution is 0.0603. The minimum atomic E-state index is 0.134. The van der Waals surface area contributed by atoms with E-state index in [1.54, 1.807) is 0 Å². The van der Waals surface area contributed by atoms with Crippen LogP contribution in [0.3, 0.4) is 0 Å². The summed E-state index contributed by atoms with van der Waals surface area (Å²) in [5.74, 6) is 0. The first-order valence-electron chi connectivity index (χ1n) is 7.62. The Morgan fingerprint density at radius 3 is 2.10 bits per heavy atom. The van der Waals surface area contributed by atoms with Crippen LogP contribution in [0.4, 0.5) is 0 Å². The zero-order valence-corrected chi connectivity index (χ0v) is 12.5. The van der Waals surface area contributed by atoms with E-state index in [0.29, 0.717) is 6.54 Å². The van der Waals surface area contributed by atoms with Crippen LogP contribution in [0.5, 0.6) is 0 Å². The van der Waals surface area contributed by atoms with Gasteiger partial charge in [-0.15, -0.1) is 0 Å². The van der Waals surface area contributed by atoms with Gasteiger partial charge in [0.2, 0.25) is 0 Å². The fourth-order valence-electron chi connectivity index (χ4n) is 3.02. The second kappa shape index (κ2) is 6.29. The number of nitrogens with two attached hydrogens (primary N) is 1. The van der Waals surface area contributed by atoms with Gasteiger partial charge in [-0.3, -0.25) is 0 Å². The molecular formula is C18H22N2O. The molecule has 0 spiro atoms. The first kappa shape index (κ1) is 14.1. The van der Waals surface area contributed by atoms with Gasteiger partial charge >= 0.3 is 0 Å². The van der Waals surface area contributed by atoms with Crippen molar-refractivity contribution < 1.29 is 4.74 Å². The fourth-order valence-corrected chi connectivity index (χ4v) is 3.02. The molecule has 3 heteroatoms. The van der Waals surface area contributed by atoms with Gasteiger partial charge in [-0.05, 0) is 25.5 Å². The summed E-state index contributed by atoms with van der Waals surface area (Å²) in [5.41, 5.74) is 8.36. The number of ether oxygens (including phenoxy) is 1. The largest absolute Gasteiger partial charge is 0.377 e. The van der Waals surface area contributed by atoms with Gasteiger partial charge in [0.1, 0.15) is 0 Å². The highest BCUT2D eigenvalue weighted by Crippen LogP contribution is 2.28. The average Bonchev–Trinajstić information content (AvgIpc) is 2.86. The van der Waals surface area contributed by atoms with Crippen LogP contribution in [-0.2, 0) is 11.3 Å². The molecule has 1 atom stereocenters. The summed E-state index contributed by atoms with van der Waals surface area (Å²) >= 11 is 0. The van der Waals surface area contributed by atoms with Gasteiger partial charge in [0.15, 0.2) is 0 Å². The SMILES string of the molecule is CCOC(CN)CCn1c2ccccc2c2ccccc21. The molecule has 1 unspecified atom stereocenters. The van der Waals surface area contributed by atoms with Gasteiger partial charge in [0.05, 0.1) is 6.10 Å². The maximum absolute atomic E-state index is 5.79. The first-order valence-corrected chi connectivity index (χ1v) is 7.62. The first-order chi connectivity index (χ1) is 10.3. The predicted molar refractivity (Wildman–Crippen MR) is 88.5 cm³/mol. The third-order valence-electron chi connectivity index (χ3n) is 4.02. The Morgan fingerprint density at radius 1 is 1.00 bits per heavy atom. The average molecular weight is 282 g/mol. The summed E-state index contributed by atoms with van der Waals surface area (Å²) in [6, 6.07) is 17.2. The van der Waals surface area contributed by atoms with Crippen molar-refractivity contribution in [2.75, 3.05) is 13.2 Å². The highest BCUT2D eigenvalue weighted by atomic mass is 16.5. The fraction of sp³-hybridized carbons (Fsp3) is 0.333. The second-order valence-corrected chi connectivity index (χ2v) is 5.29. The number of hydrogen-bond donors (Lipinski definition) is 1. The lowest BCUT2D eigenvalue weighted by atomic mass is 10.2. The molecule has 2 aromatic carbocycles. The number of para-hydroxylation sites is 2. The van der Waals surface area contributed by atoms with E-state index in [4.69, 9.17) is 10.5 Å². The molecule has 0 aliphatic heterocycles. The van der Waals surface area contributed by atoms with Crippen LogP contribution in [0.25, 0.3) is 21.8 Å². The Morgan fingerprint density at radius 2 is 1.57 bits per heavy atom. The molecular weight excluding hydrogens is 260 g/mol. The summed E-state index contributed by atoms with van der Waals surface area (Å²) in [4.78, 5) is 0. The van der Waals surface area contributed by atoms with E-state index >= 15 is 0 Å². The molecule has 0 aliphatic carbocycles. The molecule has 0 radical (unpaired) electrons. The van der Waals surface area contributed by atoms with Crippen molar-refractivity contribution in [3.05, 3.63) is 48.5 Å². The normalized spacial score (nSPS) is 13.0. The molecule has 110 valence electrons. The monoisotopic (exact) mass is 282 g/mol. The zero-order chi connectivity index (χ0) is 14.7. The van der Waals surface area contributed by atoms with Crippen LogP contribution in [0.15, 0.2) is 48.5 Å². The number of benzene rings is 2. The van der Waals surface area contributed by atoms with Crippen LogP contribution in [0.1, 0.15) is 13.3 Å². The molecule has 21 heavy (non-hydrogen) atoms.